The molecule has 1 atom stereocenters. The van der Waals surface area contributed by atoms with Crippen molar-refractivity contribution in [2.45, 2.75) is 57.7 Å². The zero-order chi connectivity index (χ0) is 30.1. The summed E-state index contributed by atoms with van der Waals surface area (Å²) in [6.07, 6.45) is 4.92. The molecule has 1 aliphatic rings. The summed E-state index contributed by atoms with van der Waals surface area (Å²) in [5, 5.41) is 5.49. The molecule has 1 aliphatic carbocycles. The zero-order valence-electron chi connectivity index (χ0n) is 23.3. The fourth-order valence-corrected chi connectivity index (χ4v) is 5.65. The van der Waals surface area contributed by atoms with Gasteiger partial charge in [-0.15, -0.1) is 0 Å². The van der Waals surface area contributed by atoms with Crippen LogP contribution in [0.15, 0.2) is 54.6 Å². The number of nitrogens with two attached hydrogens (primary N) is 1. The summed E-state index contributed by atoms with van der Waals surface area (Å²) in [5.74, 6) is -2.95. The predicted octanol–water partition coefficient (Wildman–Crippen LogP) is 3.99. The Hall–Kier alpha value is -4.32. The first-order valence-corrected chi connectivity index (χ1v) is 14.7. The summed E-state index contributed by atoms with van der Waals surface area (Å²) in [4.78, 5) is 54.0. The molecule has 12 heteroatoms. The van der Waals surface area contributed by atoms with Crippen molar-refractivity contribution in [1.29, 1.82) is 0 Å². The van der Waals surface area contributed by atoms with Gasteiger partial charge in [-0.25, -0.2) is 4.39 Å². The molecule has 3 aromatic rings. The second-order valence-electron chi connectivity index (χ2n) is 9.98. The van der Waals surface area contributed by atoms with Crippen LogP contribution in [0.3, 0.4) is 0 Å². The molecule has 0 spiro atoms. The smallest absolute Gasteiger partial charge is 0.325 e. The van der Waals surface area contributed by atoms with Gasteiger partial charge in [-0.3, -0.25) is 19.2 Å². The van der Waals surface area contributed by atoms with Crippen LogP contribution in [0, 0.1) is 5.82 Å². The normalized spacial score (nSPS) is 14.0. The van der Waals surface area contributed by atoms with Crippen LogP contribution in [0.25, 0.3) is 0 Å². The van der Waals surface area contributed by atoms with E-state index < -0.39 is 42.1 Å². The fourth-order valence-electron chi connectivity index (χ4n) is 4.89. The number of rotatable bonds is 11. The number of nitrogens with zero attached hydrogens (tertiary/aromatic N) is 2. The molecule has 0 aliphatic heterocycles. The average molecular weight is 596 g/mol. The fraction of sp³-hybridized carbons (Fsp3) is 0.367. The molecule has 1 aromatic heterocycles. The van der Waals surface area contributed by atoms with Crippen molar-refractivity contribution < 1.29 is 28.3 Å². The molecular formula is C30H34FN5O5S. The predicted molar refractivity (Wildman–Crippen MR) is 156 cm³/mol. The molecule has 42 heavy (non-hydrogen) atoms. The highest BCUT2D eigenvalue weighted by atomic mass is 32.1. The number of esters is 1. The lowest BCUT2D eigenvalue weighted by Gasteiger charge is -2.31. The number of carbonyl (C=O) groups excluding carboxylic acids is 4. The number of carbonyl (C=O) groups is 4. The third-order valence-corrected chi connectivity index (χ3v) is 7.84. The number of amides is 3. The number of anilines is 1. The lowest BCUT2D eigenvalue weighted by molar-refractivity contribution is -0.143. The minimum Gasteiger partial charge on any atom is -0.465 e. The summed E-state index contributed by atoms with van der Waals surface area (Å²) in [6, 6.07) is 12.9. The molecule has 0 unspecified atom stereocenters. The van der Waals surface area contributed by atoms with Crippen LogP contribution in [-0.2, 0) is 20.9 Å². The molecule has 0 bridgehead atoms. The van der Waals surface area contributed by atoms with Crippen molar-refractivity contribution in [2.75, 3.05) is 18.9 Å². The molecule has 1 fully saturated rings. The van der Waals surface area contributed by atoms with Crippen molar-refractivity contribution in [1.82, 2.24) is 19.9 Å². The molecule has 1 heterocycles. The average Bonchev–Trinajstić information content (AvgIpc) is 3.38. The molecule has 2 aromatic carbocycles. The van der Waals surface area contributed by atoms with Gasteiger partial charge < -0.3 is 26.0 Å². The van der Waals surface area contributed by atoms with Crippen molar-refractivity contribution in [3.63, 3.8) is 0 Å². The van der Waals surface area contributed by atoms with Crippen molar-refractivity contribution in [2.24, 2.45) is 0 Å². The SMILES string of the molecule is CCOC(=O)CNC(=O)[C@H](c1ccc(F)cc1)N(Cc1ccccc1)C(=O)c1snc(C(=O)NC2CCCCC2)c1N. The number of hydrogen-bond acceptors (Lipinski definition) is 8. The quantitative estimate of drug-likeness (QED) is 0.285. The summed E-state index contributed by atoms with van der Waals surface area (Å²) in [6.45, 7) is 1.32. The van der Waals surface area contributed by atoms with E-state index >= 15 is 0 Å². The highest BCUT2D eigenvalue weighted by Crippen LogP contribution is 2.31. The second-order valence-corrected chi connectivity index (χ2v) is 10.8. The van der Waals surface area contributed by atoms with Gasteiger partial charge in [0, 0.05) is 12.6 Å². The Bertz CT molecular complexity index is 1390. The van der Waals surface area contributed by atoms with E-state index in [1.54, 1.807) is 31.2 Å². The third-order valence-electron chi connectivity index (χ3n) is 6.99. The Morgan fingerprint density at radius 1 is 1.07 bits per heavy atom. The van der Waals surface area contributed by atoms with Gasteiger partial charge in [-0.1, -0.05) is 61.7 Å². The van der Waals surface area contributed by atoms with Gasteiger partial charge in [0.1, 0.15) is 23.3 Å². The van der Waals surface area contributed by atoms with Gasteiger partial charge in [0.15, 0.2) is 5.69 Å². The number of ether oxygens (including phenoxy) is 1. The van der Waals surface area contributed by atoms with Gasteiger partial charge in [0.25, 0.3) is 11.8 Å². The van der Waals surface area contributed by atoms with E-state index in [-0.39, 0.29) is 35.5 Å². The van der Waals surface area contributed by atoms with Crippen LogP contribution in [-0.4, -0.2) is 52.2 Å². The first-order valence-electron chi connectivity index (χ1n) is 13.9. The van der Waals surface area contributed by atoms with Crippen LogP contribution in [0.5, 0.6) is 0 Å². The molecule has 0 saturated heterocycles. The maximum absolute atomic E-state index is 14.2. The Morgan fingerprint density at radius 3 is 2.43 bits per heavy atom. The third kappa shape index (κ3) is 7.69. The van der Waals surface area contributed by atoms with Gasteiger partial charge in [0.05, 0.1) is 12.3 Å². The van der Waals surface area contributed by atoms with E-state index in [1.807, 2.05) is 6.07 Å². The first-order chi connectivity index (χ1) is 20.3. The number of aromatic nitrogens is 1. The summed E-state index contributed by atoms with van der Waals surface area (Å²) in [7, 11) is 0. The topological polar surface area (TPSA) is 144 Å². The van der Waals surface area contributed by atoms with E-state index in [9.17, 15) is 23.6 Å². The van der Waals surface area contributed by atoms with Crippen LogP contribution in [0.2, 0.25) is 0 Å². The number of nitrogen functional groups attached to an aromatic ring is 1. The molecule has 4 N–H and O–H groups in total. The van der Waals surface area contributed by atoms with E-state index in [4.69, 9.17) is 10.5 Å². The zero-order valence-corrected chi connectivity index (χ0v) is 24.1. The van der Waals surface area contributed by atoms with E-state index in [1.165, 1.54) is 29.2 Å². The van der Waals surface area contributed by atoms with Crippen LogP contribution in [0.4, 0.5) is 10.1 Å². The number of hydrogen-bond donors (Lipinski definition) is 3. The Balaban J connectivity index is 1.69. The summed E-state index contributed by atoms with van der Waals surface area (Å²) < 4.78 is 23.0. The Labute approximate surface area is 247 Å². The Morgan fingerprint density at radius 2 is 1.76 bits per heavy atom. The van der Waals surface area contributed by atoms with Gasteiger partial charge >= 0.3 is 5.97 Å². The maximum Gasteiger partial charge on any atom is 0.325 e. The van der Waals surface area contributed by atoms with Crippen LogP contribution < -0.4 is 16.4 Å². The van der Waals surface area contributed by atoms with Gasteiger partial charge in [-0.05, 0) is 54.6 Å². The molecule has 1 saturated carbocycles. The molecular weight excluding hydrogens is 561 g/mol. The minimum absolute atomic E-state index is 0.00923. The first kappa shape index (κ1) is 30.6. The highest BCUT2D eigenvalue weighted by Gasteiger charge is 2.35. The molecule has 3 amide bonds. The largest absolute Gasteiger partial charge is 0.465 e. The standard InChI is InChI=1S/C30H34FN5O5S/c1-2-41-23(37)17-33-29(39)26(20-13-15-21(31)16-14-20)36(18-19-9-5-3-6-10-19)30(40)27-24(32)25(35-42-27)28(38)34-22-11-7-4-8-12-22/h3,5-6,9-10,13-16,22,26H,2,4,7-8,11-12,17-18,32H2,1H3,(H,33,39)(H,34,38)/t26-/m0/s1. The number of halogens is 1. The van der Waals surface area contributed by atoms with Crippen LogP contribution >= 0.6 is 11.5 Å². The minimum atomic E-state index is -1.28. The number of nitrogens with one attached hydrogen (secondary N) is 2. The van der Waals surface area contributed by atoms with E-state index in [2.05, 4.69) is 15.0 Å². The maximum atomic E-state index is 14.2. The number of benzene rings is 2. The van der Waals surface area contributed by atoms with E-state index in [0.717, 1.165) is 43.6 Å². The summed E-state index contributed by atoms with van der Waals surface area (Å²) in [5.41, 5.74) is 7.22. The second kappa shape index (κ2) is 14.5. The monoisotopic (exact) mass is 595 g/mol. The van der Waals surface area contributed by atoms with E-state index in [0.29, 0.717) is 11.1 Å². The van der Waals surface area contributed by atoms with Gasteiger partial charge in [-0.2, -0.15) is 4.37 Å². The Kier molecular flexibility index (Phi) is 10.6. The summed E-state index contributed by atoms with van der Waals surface area (Å²) >= 11 is 0.772. The van der Waals surface area contributed by atoms with Crippen molar-refractivity contribution in [3.05, 3.63) is 82.1 Å². The van der Waals surface area contributed by atoms with Crippen LogP contribution in [0.1, 0.15) is 76.4 Å². The molecule has 4 rings (SSSR count). The molecule has 222 valence electrons. The van der Waals surface area contributed by atoms with Crippen molar-refractivity contribution in [3.8, 4) is 0 Å². The highest BCUT2D eigenvalue weighted by molar-refractivity contribution is 7.09. The lowest BCUT2D eigenvalue weighted by Crippen LogP contribution is -2.44. The van der Waals surface area contributed by atoms with Gasteiger partial charge in [0.2, 0.25) is 5.91 Å². The molecule has 0 radical (unpaired) electrons. The molecule has 10 nitrogen and oxygen atoms in total. The van der Waals surface area contributed by atoms with Crippen molar-refractivity contribution >= 4 is 40.9 Å². The lowest BCUT2D eigenvalue weighted by atomic mass is 9.95.